The maximum Gasteiger partial charge on any atom is 0.398 e. The van der Waals surface area contributed by atoms with E-state index in [0.29, 0.717) is 23.5 Å². The number of hydrogen-bond donors (Lipinski definition) is 2. The summed E-state index contributed by atoms with van der Waals surface area (Å²) < 4.78 is 38.6. The highest BCUT2D eigenvalue weighted by Gasteiger charge is 2.64. The van der Waals surface area contributed by atoms with Gasteiger partial charge in [-0.2, -0.15) is 13.2 Å². The minimum atomic E-state index is -4.12. The number of nitrogens with zero attached hydrogens (tertiary/aromatic N) is 3. The van der Waals surface area contributed by atoms with Gasteiger partial charge in [-0.05, 0) is 75.6 Å². The topological polar surface area (TPSA) is 83.9 Å². The largest absolute Gasteiger partial charge is 0.402 e. The van der Waals surface area contributed by atoms with Gasteiger partial charge in [-0.1, -0.05) is 62.8 Å². The van der Waals surface area contributed by atoms with Crippen molar-refractivity contribution in [3.05, 3.63) is 88.9 Å². The van der Waals surface area contributed by atoms with Crippen LogP contribution in [-0.2, 0) is 24.1 Å². The molecule has 0 saturated heterocycles. The van der Waals surface area contributed by atoms with Crippen LogP contribution in [0.3, 0.4) is 0 Å². The molecule has 0 aliphatic heterocycles. The molecular formula is C30H41F3N4O. The second-order valence-electron chi connectivity index (χ2n) is 9.76. The van der Waals surface area contributed by atoms with Crippen LogP contribution in [0.1, 0.15) is 76.3 Å². The second kappa shape index (κ2) is 14.6. The van der Waals surface area contributed by atoms with Crippen LogP contribution in [0.15, 0.2) is 76.5 Å². The molecule has 0 amide bonds. The molecule has 2 aromatic rings. The number of allylic oxidation sites excluding steroid dienone is 3. The van der Waals surface area contributed by atoms with Gasteiger partial charge in [-0.15, -0.1) is 0 Å². The molecular weight excluding hydrogens is 489 g/mol. The zero-order valence-corrected chi connectivity index (χ0v) is 23.1. The van der Waals surface area contributed by atoms with Crippen LogP contribution in [-0.4, -0.2) is 29.2 Å². The highest BCUT2D eigenvalue weighted by atomic mass is 19.4. The Morgan fingerprint density at radius 1 is 1.11 bits per heavy atom. The molecule has 1 aliphatic rings. The Hall–Kier alpha value is -3.26. The smallest absolute Gasteiger partial charge is 0.398 e. The third-order valence-electron chi connectivity index (χ3n) is 5.57. The van der Waals surface area contributed by atoms with Crippen LogP contribution in [0.4, 0.5) is 13.2 Å². The predicted molar refractivity (Wildman–Crippen MR) is 151 cm³/mol. The van der Waals surface area contributed by atoms with Crippen molar-refractivity contribution in [3.8, 4) is 0 Å². The van der Waals surface area contributed by atoms with Gasteiger partial charge in [0.2, 0.25) is 0 Å². The zero-order chi connectivity index (χ0) is 29.0. The van der Waals surface area contributed by atoms with Crippen molar-refractivity contribution >= 4 is 12.9 Å². The maximum absolute atomic E-state index is 12.9. The van der Waals surface area contributed by atoms with Gasteiger partial charge >= 0.3 is 6.18 Å². The van der Waals surface area contributed by atoms with Gasteiger partial charge in [-0.25, -0.2) is 0 Å². The predicted octanol–water partition coefficient (Wildman–Crippen LogP) is 7.20. The van der Waals surface area contributed by atoms with E-state index in [9.17, 15) is 18.3 Å². The Balaban J connectivity index is 0.000000345. The second-order valence-corrected chi connectivity index (χ2v) is 9.76. The van der Waals surface area contributed by atoms with Crippen LogP contribution >= 0.6 is 0 Å². The number of halogens is 3. The average molecular weight is 531 g/mol. The van der Waals surface area contributed by atoms with Crippen molar-refractivity contribution in [2.24, 2.45) is 15.7 Å². The molecule has 1 unspecified atom stereocenters. The van der Waals surface area contributed by atoms with Crippen molar-refractivity contribution in [1.29, 1.82) is 0 Å². The summed E-state index contributed by atoms with van der Waals surface area (Å²) in [5, 5.41) is 10.2. The van der Waals surface area contributed by atoms with Crippen molar-refractivity contribution < 1.29 is 18.3 Å². The van der Waals surface area contributed by atoms with E-state index in [-0.39, 0.29) is 12.8 Å². The van der Waals surface area contributed by atoms with Crippen LogP contribution in [0, 0.1) is 0 Å². The highest BCUT2D eigenvalue weighted by molar-refractivity contribution is 5.72. The number of aliphatic imine (C=N–C) groups is 2. The molecule has 1 aromatic heterocycles. The molecule has 3 rings (SSSR count). The molecule has 208 valence electrons. The fourth-order valence-corrected chi connectivity index (χ4v) is 3.44. The normalized spacial score (nSPS) is 15.9. The number of aromatic nitrogens is 1. The minimum Gasteiger partial charge on any atom is -0.402 e. The number of pyridine rings is 1. The van der Waals surface area contributed by atoms with E-state index < -0.39 is 17.3 Å². The lowest BCUT2D eigenvalue weighted by Crippen LogP contribution is -2.28. The number of nitrogens with two attached hydrogens (primary N) is 1. The van der Waals surface area contributed by atoms with Crippen LogP contribution in [0.25, 0.3) is 0 Å². The Morgan fingerprint density at radius 3 is 2.05 bits per heavy atom. The molecule has 5 nitrogen and oxygen atoms in total. The third-order valence-corrected chi connectivity index (χ3v) is 5.57. The highest BCUT2D eigenvalue weighted by Crippen LogP contribution is 2.58. The molecule has 38 heavy (non-hydrogen) atoms. The number of benzene rings is 1. The molecule has 0 spiro atoms. The average Bonchev–Trinajstić information content (AvgIpc) is 3.63. The molecule has 1 saturated carbocycles. The molecule has 1 aliphatic carbocycles. The lowest BCUT2D eigenvalue weighted by Gasteiger charge is -2.19. The van der Waals surface area contributed by atoms with Gasteiger partial charge < -0.3 is 10.8 Å². The zero-order valence-electron chi connectivity index (χ0n) is 23.1. The Morgan fingerprint density at radius 2 is 1.66 bits per heavy atom. The summed E-state index contributed by atoms with van der Waals surface area (Å²) in [5.74, 6) is 0. The van der Waals surface area contributed by atoms with Gasteiger partial charge in [0.15, 0.2) is 5.72 Å². The summed E-state index contributed by atoms with van der Waals surface area (Å²) in [6, 6.07) is 10.3. The van der Waals surface area contributed by atoms with Gasteiger partial charge in [0, 0.05) is 18.1 Å². The van der Waals surface area contributed by atoms with E-state index in [4.69, 9.17) is 5.73 Å². The van der Waals surface area contributed by atoms with Crippen molar-refractivity contribution in [3.63, 3.8) is 0 Å². The lowest BCUT2D eigenvalue weighted by atomic mass is 9.93. The van der Waals surface area contributed by atoms with Crippen molar-refractivity contribution in [2.45, 2.75) is 84.2 Å². The van der Waals surface area contributed by atoms with Crippen molar-refractivity contribution in [2.75, 3.05) is 0 Å². The summed E-state index contributed by atoms with van der Waals surface area (Å²) in [6.45, 7) is 17.2. The first-order valence-electron chi connectivity index (χ1n) is 12.6. The number of aliphatic hydroxyl groups is 1. The Bertz CT molecular complexity index is 1080. The van der Waals surface area contributed by atoms with E-state index in [0.717, 1.165) is 23.1 Å². The Labute approximate surface area is 225 Å². The molecule has 1 aromatic carbocycles. The molecule has 8 heteroatoms. The molecule has 1 heterocycles. The Kier molecular flexibility index (Phi) is 12.6. The first kappa shape index (κ1) is 32.8. The first-order chi connectivity index (χ1) is 17.7. The third kappa shape index (κ3) is 10.2. The summed E-state index contributed by atoms with van der Waals surface area (Å²) in [4.78, 5) is 11.9. The van der Waals surface area contributed by atoms with Gasteiger partial charge in [0.1, 0.15) is 0 Å². The van der Waals surface area contributed by atoms with E-state index in [1.165, 1.54) is 12.6 Å². The van der Waals surface area contributed by atoms with Crippen LogP contribution in [0.2, 0.25) is 0 Å². The van der Waals surface area contributed by atoms with Crippen molar-refractivity contribution in [1.82, 2.24) is 4.98 Å². The van der Waals surface area contributed by atoms with Crippen LogP contribution in [0.5, 0.6) is 0 Å². The molecule has 0 bridgehead atoms. The van der Waals surface area contributed by atoms with Crippen LogP contribution < -0.4 is 5.73 Å². The fraction of sp³-hybridized carbons (Fsp3) is 0.433. The number of hydrogen-bond acceptors (Lipinski definition) is 5. The SMILES string of the molecule is C=C(C)Cc1ccc(C2(C(F)(F)F)CC2)cc1.C=NCc1ccc(C(C)(O)/N=C/C=C(/C)N)nc1.CCC. The summed E-state index contributed by atoms with van der Waals surface area (Å²) in [6.07, 6.45) is 3.02. The monoisotopic (exact) mass is 530 g/mol. The van der Waals surface area contributed by atoms with E-state index in [2.05, 4.69) is 42.1 Å². The lowest BCUT2D eigenvalue weighted by molar-refractivity contribution is -0.160. The summed E-state index contributed by atoms with van der Waals surface area (Å²) in [5.41, 5.74) is 6.98. The molecule has 0 radical (unpaired) electrons. The van der Waals surface area contributed by atoms with E-state index in [1.807, 2.05) is 13.0 Å². The standard InChI is InChI=1S/C14H15F3.C13H18N4O.C3H8/c1-10(2)9-11-3-5-12(6-4-11)13(7-8-13)14(15,16)17;1-10(14)6-7-17-13(2,18)12-5-4-11(8-15-3)9-16-12;1-3-2/h3-6H,1,7-9H2,2H3;4-7,9,18H,3,8,14H2,1-2H3;3H2,1-2H3/b;10-6-,17-7+;. The van der Waals surface area contributed by atoms with Gasteiger partial charge in [0.05, 0.1) is 17.7 Å². The molecule has 1 fully saturated rings. The first-order valence-corrected chi connectivity index (χ1v) is 12.6. The fourth-order valence-electron chi connectivity index (χ4n) is 3.44. The summed E-state index contributed by atoms with van der Waals surface area (Å²) >= 11 is 0. The van der Waals surface area contributed by atoms with E-state index >= 15 is 0 Å². The number of alkyl halides is 3. The van der Waals surface area contributed by atoms with Gasteiger partial charge in [0.25, 0.3) is 0 Å². The molecule has 1 atom stereocenters. The summed E-state index contributed by atoms with van der Waals surface area (Å²) in [7, 11) is 0. The van der Waals surface area contributed by atoms with E-state index in [1.54, 1.807) is 56.5 Å². The number of rotatable bonds is 8. The maximum atomic E-state index is 12.9. The quantitative estimate of drug-likeness (QED) is 0.280. The van der Waals surface area contributed by atoms with Gasteiger partial charge in [-0.3, -0.25) is 15.0 Å². The molecule has 3 N–H and O–H groups in total. The minimum absolute atomic E-state index is 0.219.